The molecule has 0 aromatic carbocycles. The number of aromatic nitrogens is 3. The summed E-state index contributed by atoms with van der Waals surface area (Å²) in [6, 6.07) is 1.99. The van der Waals surface area contributed by atoms with E-state index in [0.29, 0.717) is 18.9 Å². The van der Waals surface area contributed by atoms with Crippen LogP contribution in [0.2, 0.25) is 0 Å². The predicted molar refractivity (Wildman–Crippen MR) is 159 cm³/mol. The summed E-state index contributed by atoms with van der Waals surface area (Å²) in [7, 11) is 1.63. The lowest BCUT2D eigenvalue weighted by Gasteiger charge is -2.18. The molecule has 0 bridgehead atoms. The van der Waals surface area contributed by atoms with Gasteiger partial charge in [-0.05, 0) is 31.2 Å². The second-order valence-corrected chi connectivity index (χ2v) is 10.7. The van der Waals surface area contributed by atoms with Gasteiger partial charge >= 0.3 is 0 Å². The molecule has 0 saturated heterocycles. The summed E-state index contributed by atoms with van der Waals surface area (Å²) < 4.78 is 2.79. The topological polar surface area (TPSA) is 149 Å². The summed E-state index contributed by atoms with van der Waals surface area (Å²) in [6.45, 7) is 6.52. The molecule has 2 N–H and O–H groups in total. The molecule has 230 valence electrons. The Bertz CT molecular complexity index is 1280. The summed E-state index contributed by atoms with van der Waals surface area (Å²) in [4.78, 5) is 80.5. The number of amides is 2. The molecule has 0 spiro atoms. The number of rotatable bonds is 20. The van der Waals surface area contributed by atoms with Crippen molar-refractivity contribution >= 4 is 29.2 Å². The second-order valence-electron chi connectivity index (χ2n) is 10.7. The number of pyridine rings is 1. The Morgan fingerprint density at radius 3 is 2.38 bits per heavy atom. The first-order chi connectivity index (χ1) is 20.1. The third-order valence-corrected chi connectivity index (χ3v) is 7.52. The van der Waals surface area contributed by atoms with Gasteiger partial charge in [-0.3, -0.25) is 28.8 Å². The number of nitrogens with one attached hydrogen (secondary N) is 2. The van der Waals surface area contributed by atoms with E-state index in [1.807, 2.05) is 6.92 Å². The maximum absolute atomic E-state index is 13.4. The van der Waals surface area contributed by atoms with Crippen LogP contribution in [0.3, 0.4) is 0 Å². The summed E-state index contributed by atoms with van der Waals surface area (Å²) in [5.41, 5.74) is -0.0715. The Kier molecular flexibility index (Phi) is 14.6. The van der Waals surface area contributed by atoms with Gasteiger partial charge in [0.05, 0.1) is 25.1 Å². The van der Waals surface area contributed by atoms with Crippen LogP contribution in [0.4, 0.5) is 0 Å². The van der Waals surface area contributed by atoms with Crippen molar-refractivity contribution in [3.05, 3.63) is 52.5 Å². The first kappa shape index (κ1) is 34.3. The standard InChI is InChI=1S/C31H45N5O6/c1-5-8-9-16-33-30(41)27(38)15-14-25(34-29(40)26-19-32-21-35(26)4)28(39)18-23-11-10-17-36(31(23)42)20-24(37)13-12-22(6-2)7-3/h10-11,17,19,21-22,25H,5-9,12-16,18,20H2,1-4H3,(H,33,41)(H,34,40)/t25-/m0/s1. The third kappa shape index (κ3) is 10.8. The van der Waals surface area contributed by atoms with Crippen LogP contribution < -0.4 is 16.2 Å². The Hall–Kier alpha value is -3.89. The van der Waals surface area contributed by atoms with Crippen molar-refractivity contribution in [2.24, 2.45) is 13.0 Å². The molecular weight excluding hydrogens is 538 g/mol. The van der Waals surface area contributed by atoms with Crippen LogP contribution in [0.25, 0.3) is 0 Å². The van der Waals surface area contributed by atoms with Crippen molar-refractivity contribution in [3.8, 4) is 0 Å². The van der Waals surface area contributed by atoms with Crippen molar-refractivity contribution in [2.75, 3.05) is 6.54 Å². The van der Waals surface area contributed by atoms with Crippen LogP contribution in [0, 0.1) is 5.92 Å². The van der Waals surface area contributed by atoms with E-state index >= 15 is 0 Å². The second kappa shape index (κ2) is 17.8. The highest BCUT2D eigenvalue weighted by molar-refractivity contribution is 6.36. The van der Waals surface area contributed by atoms with E-state index in [4.69, 9.17) is 0 Å². The smallest absolute Gasteiger partial charge is 0.287 e. The van der Waals surface area contributed by atoms with Crippen LogP contribution >= 0.6 is 0 Å². The Morgan fingerprint density at radius 1 is 1.00 bits per heavy atom. The van der Waals surface area contributed by atoms with Crippen LogP contribution in [0.15, 0.2) is 35.6 Å². The fraction of sp³-hybridized carbons (Fsp3) is 0.581. The van der Waals surface area contributed by atoms with Crippen molar-refractivity contribution in [1.29, 1.82) is 0 Å². The summed E-state index contributed by atoms with van der Waals surface area (Å²) >= 11 is 0. The molecule has 0 saturated carbocycles. The number of hydrogen-bond donors (Lipinski definition) is 2. The highest BCUT2D eigenvalue weighted by atomic mass is 16.2. The molecule has 11 heteroatoms. The number of carbonyl (C=O) groups excluding carboxylic acids is 5. The van der Waals surface area contributed by atoms with Crippen molar-refractivity contribution in [2.45, 2.75) is 97.6 Å². The monoisotopic (exact) mass is 583 g/mol. The van der Waals surface area contributed by atoms with Gasteiger partial charge < -0.3 is 19.8 Å². The Labute approximate surface area is 247 Å². The minimum atomic E-state index is -1.13. The van der Waals surface area contributed by atoms with E-state index in [9.17, 15) is 28.8 Å². The van der Waals surface area contributed by atoms with E-state index in [1.165, 1.54) is 33.9 Å². The number of unbranched alkanes of at least 4 members (excludes halogenated alkanes) is 2. The minimum Gasteiger partial charge on any atom is -0.350 e. The van der Waals surface area contributed by atoms with E-state index in [2.05, 4.69) is 29.5 Å². The zero-order valence-corrected chi connectivity index (χ0v) is 25.3. The fourth-order valence-electron chi connectivity index (χ4n) is 4.67. The van der Waals surface area contributed by atoms with Crippen LogP contribution in [0.5, 0.6) is 0 Å². The lowest BCUT2D eigenvalue weighted by atomic mass is 9.96. The Morgan fingerprint density at radius 2 is 1.74 bits per heavy atom. The van der Waals surface area contributed by atoms with Crippen LogP contribution in [-0.2, 0) is 39.2 Å². The van der Waals surface area contributed by atoms with Gasteiger partial charge in [0.1, 0.15) is 5.69 Å². The molecule has 0 unspecified atom stereocenters. The van der Waals surface area contributed by atoms with Gasteiger partial charge in [0, 0.05) is 44.6 Å². The van der Waals surface area contributed by atoms with Crippen molar-refractivity contribution in [1.82, 2.24) is 24.8 Å². The maximum Gasteiger partial charge on any atom is 0.287 e. The zero-order chi connectivity index (χ0) is 31.1. The molecule has 0 aliphatic rings. The largest absolute Gasteiger partial charge is 0.350 e. The van der Waals surface area contributed by atoms with Gasteiger partial charge in [-0.15, -0.1) is 0 Å². The Balaban J connectivity index is 2.13. The molecule has 2 heterocycles. The molecular formula is C31H45N5O6. The zero-order valence-electron chi connectivity index (χ0n) is 25.3. The number of aryl methyl sites for hydroxylation is 1. The van der Waals surface area contributed by atoms with Gasteiger partial charge in [0.2, 0.25) is 5.78 Å². The molecule has 2 aromatic heterocycles. The normalized spacial score (nSPS) is 11.7. The average Bonchev–Trinajstić information content (AvgIpc) is 3.41. The SMILES string of the molecule is CCCCCNC(=O)C(=O)CC[C@H](NC(=O)c1cncn1C)C(=O)Cc1cccn(CC(=O)CCC(CC)CC)c1=O. The highest BCUT2D eigenvalue weighted by Crippen LogP contribution is 2.15. The van der Waals surface area contributed by atoms with Gasteiger partial charge in [-0.1, -0.05) is 52.5 Å². The summed E-state index contributed by atoms with van der Waals surface area (Å²) in [5, 5.41) is 5.23. The molecule has 1 atom stereocenters. The molecule has 0 aliphatic carbocycles. The van der Waals surface area contributed by atoms with Gasteiger partial charge in [0.15, 0.2) is 11.6 Å². The predicted octanol–water partition coefficient (Wildman–Crippen LogP) is 2.93. The van der Waals surface area contributed by atoms with E-state index in [1.54, 1.807) is 13.1 Å². The number of nitrogens with zero attached hydrogens (tertiary/aromatic N) is 3. The molecule has 11 nitrogen and oxygen atoms in total. The quantitative estimate of drug-likeness (QED) is 0.180. The summed E-state index contributed by atoms with van der Waals surface area (Å²) in [6.07, 6.45) is 9.43. The van der Waals surface area contributed by atoms with Gasteiger partial charge in [-0.2, -0.15) is 0 Å². The third-order valence-electron chi connectivity index (χ3n) is 7.52. The number of carbonyl (C=O) groups is 5. The van der Waals surface area contributed by atoms with E-state index in [-0.39, 0.29) is 42.8 Å². The highest BCUT2D eigenvalue weighted by Gasteiger charge is 2.26. The first-order valence-electron chi connectivity index (χ1n) is 14.9. The lowest BCUT2D eigenvalue weighted by molar-refractivity contribution is -0.138. The number of hydrogen-bond acceptors (Lipinski definition) is 7. The van der Waals surface area contributed by atoms with E-state index < -0.39 is 35.0 Å². The molecule has 0 radical (unpaired) electrons. The average molecular weight is 584 g/mol. The van der Waals surface area contributed by atoms with Gasteiger partial charge in [0.25, 0.3) is 17.4 Å². The minimum absolute atomic E-state index is 0.0553. The van der Waals surface area contributed by atoms with Gasteiger partial charge in [-0.25, -0.2) is 4.98 Å². The molecule has 2 aromatic rings. The fourth-order valence-corrected chi connectivity index (χ4v) is 4.67. The van der Waals surface area contributed by atoms with Crippen molar-refractivity contribution < 1.29 is 24.0 Å². The van der Waals surface area contributed by atoms with Crippen LogP contribution in [0.1, 0.15) is 94.6 Å². The number of ketones is 3. The summed E-state index contributed by atoms with van der Waals surface area (Å²) in [5.74, 6) is -2.06. The number of Topliss-reactive ketones (excluding diaryl/α,β-unsaturated/α-hetero) is 3. The molecule has 0 fully saturated rings. The van der Waals surface area contributed by atoms with Crippen LogP contribution in [-0.4, -0.2) is 55.9 Å². The maximum atomic E-state index is 13.4. The molecule has 2 amide bonds. The molecule has 0 aliphatic heterocycles. The molecule has 42 heavy (non-hydrogen) atoms. The lowest BCUT2D eigenvalue weighted by Crippen LogP contribution is -2.43. The van der Waals surface area contributed by atoms with E-state index in [0.717, 1.165) is 38.5 Å². The van der Waals surface area contributed by atoms with Crippen molar-refractivity contribution in [3.63, 3.8) is 0 Å². The number of imidazole rings is 1. The first-order valence-corrected chi connectivity index (χ1v) is 14.9. The molecule has 2 rings (SSSR count).